The lowest BCUT2D eigenvalue weighted by Crippen LogP contribution is -2.43. The Balaban J connectivity index is 1.91. The minimum absolute atomic E-state index is 0.0911. The van der Waals surface area contributed by atoms with Crippen LogP contribution >= 0.6 is 0 Å². The maximum absolute atomic E-state index is 12.1. The Hall–Kier alpha value is -2.14. The number of hydrogen-bond acceptors (Lipinski definition) is 3. The van der Waals surface area contributed by atoms with E-state index in [-0.39, 0.29) is 17.9 Å². The van der Waals surface area contributed by atoms with E-state index in [0.717, 1.165) is 25.7 Å². The van der Waals surface area contributed by atoms with E-state index in [9.17, 15) is 9.59 Å². The fourth-order valence-electron chi connectivity index (χ4n) is 3.02. The molecule has 0 heterocycles. The van der Waals surface area contributed by atoms with Crippen LogP contribution < -0.4 is 16.4 Å². The van der Waals surface area contributed by atoms with Crippen LogP contribution in [-0.2, 0) is 16.0 Å². The van der Waals surface area contributed by atoms with Gasteiger partial charge in [-0.1, -0.05) is 49.2 Å². The zero-order valence-corrected chi connectivity index (χ0v) is 14.9. The first-order chi connectivity index (χ1) is 12.0. The molecular formula is C20H29N3O2. The Morgan fingerprint density at radius 2 is 1.92 bits per heavy atom. The number of nitrogens with one attached hydrogen (secondary N) is 2. The molecule has 2 amide bonds. The zero-order valence-electron chi connectivity index (χ0n) is 14.9. The molecule has 5 heteroatoms. The van der Waals surface area contributed by atoms with E-state index >= 15 is 0 Å². The number of carbonyl (C=O) groups is 2. The van der Waals surface area contributed by atoms with Crippen LogP contribution in [0.3, 0.4) is 0 Å². The third kappa shape index (κ3) is 7.10. The van der Waals surface area contributed by atoms with Crippen molar-refractivity contribution in [3.05, 3.63) is 48.0 Å². The summed E-state index contributed by atoms with van der Waals surface area (Å²) in [7, 11) is 0. The molecule has 0 aliphatic heterocycles. The fraction of sp³-hybridized carbons (Fsp3) is 0.500. The maximum atomic E-state index is 12.1. The van der Waals surface area contributed by atoms with Crippen molar-refractivity contribution in [1.82, 2.24) is 10.6 Å². The molecule has 0 radical (unpaired) electrons. The SMILES string of the molecule is C[C@H](N)C(=O)N[C@H](/C=C/C(=O)NC1CCCC1)CCc1ccccc1. The Morgan fingerprint density at radius 3 is 2.56 bits per heavy atom. The predicted octanol–water partition coefficient (Wildman–Crippen LogP) is 2.07. The molecule has 0 aromatic heterocycles. The predicted molar refractivity (Wildman–Crippen MR) is 99.9 cm³/mol. The standard InChI is InChI=1S/C20H29N3O2/c1-15(21)20(25)23-18(12-11-16-7-3-2-4-8-16)13-14-19(24)22-17-9-5-6-10-17/h2-4,7-8,13-15,17-18H,5-6,9-12,21H2,1H3,(H,22,24)(H,23,25)/b14-13+/t15-,18-/m0/s1. The van der Waals surface area contributed by atoms with Crippen LogP contribution in [0.4, 0.5) is 0 Å². The molecule has 1 fully saturated rings. The second kappa shape index (κ2) is 9.99. The van der Waals surface area contributed by atoms with Gasteiger partial charge in [0.1, 0.15) is 0 Å². The molecule has 1 aliphatic carbocycles. The van der Waals surface area contributed by atoms with Gasteiger partial charge >= 0.3 is 0 Å². The normalized spacial score (nSPS) is 17.4. The fourth-order valence-corrected chi connectivity index (χ4v) is 3.02. The lowest BCUT2D eigenvalue weighted by Gasteiger charge is -2.17. The number of benzene rings is 1. The molecule has 1 aromatic carbocycles. The van der Waals surface area contributed by atoms with Gasteiger partial charge in [0.05, 0.1) is 6.04 Å². The molecule has 2 atom stereocenters. The van der Waals surface area contributed by atoms with Gasteiger partial charge in [-0.3, -0.25) is 9.59 Å². The Morgan fingerprint density at radius 1 is 1.24 bits per heavy atom. The van der Waals surface area contributed by atoms with Crippen LogP contribution in [0, 0.1) is 0 Å². The zero-order chi connectivity index (χ0) is 18.1. The van der Waals surface area contributed by atoms with Crippen molar-refractivity contribution in [2.45, 2.75) is 63.6 Å². The van der Waals surface area contributed by atoms with Gasteiger partial charge in [0.25, 0.3) is 0 Å². The van der Waals surface area contributed by atoms with Crippen molar-refractivity contribution in [3.8, 4) is 0 Å². The molecule has 0 unspecified atom stereocenters. The Kier molecular flexibility index (Phi) is 7.67. The number of carbonyl (C=O) groups excluding carboxylic acids is 2. The summed E-state index contributed by atoms with van der Waals surface area (Å²) < 4.78 is 0. The van der Waals surface area contributed by atoms with Crippen LogP contribution in [0.5, 0.6) is 0 Å². The van der Waals surface area contributed by atoms with E-state index in [0.29, 0.717) is 6.04 Å². The number of rotatable bonds is 8. The van der Waals surface area contributed by atoms with E-state index in [1.165, 1.54) is 24.5 Å². The van der Waals surface area contributed by atoms with Gasteiger partial charge < -0.3 is 16.4 Å². The largest absolute Gasteiger partial charge is 0.350 e. The average molecular weight is 343 g/mol. The topological polar surface area (TPSA) is 84.2 Å². The van der Waals surface area contributed by atoms with Gasteiger partial charge in [-0.2, -0.15) is 0 Å². The second-order valence-electron chi connectivity index (χ2n) is 6.78. The quantitative estimate of drug-likeness (QED) is 0.632. The lowest BCUT2D eigenvalue weighted by molar-refractivity contribution is -0.122. The molecular weight excluding hydrogens is 314 g/mol. The van der Waals surface area contributed by atoms with E-state index in [1.807, 2.05) is 18.2 Å². The molecule has 136 valence electrons. The van der Waals surface area contributed by atoms with E-state index in [2.05, 4.69) is 22.8 Å². The molecule has 0 spiro atoms. The summed E-state index contributed by atoms with van der Waals surface area (Å²) in [5.74, 6) is -0.300. The molecule has 4 N–H and O–H groups in total. The van der Waals surface area contributed by atoms with Crippen molar-refractivity contribution in [1.29, 1.82) is 0 Å². The van der Waals surface area contributed by atoms with E-state index in [1.54, 1.807) is 13.0 Å². The highest BCUT2D eigenvalue weighted by Crippen LogP contribution is 2.17. The molecule has 1 saturated carbocycles. The summed E-state index contributed by atoms with van der Waals surface area (Å²) in [5.41, 5.74) is 6.84. The summed E-state index contributed by atoms with van der Waals surface area (Å²) in [6, 6.07) is 9.59. The van der Waals surface area contributed by atoms with Gasteiger partial charge in [-0.15, -0.1) is 0 Å². The number of aryl methyl sites for hydroxylation is 1. The van der Waals surface area contributed by atoms with Gasteiger partial charge in [-0.25, -0.2) is 0 Å². The van der Waals surface area contributed by atoms with Crippen LogP contribution in [0.15, 0.2) is 42.5 Å². The first-order valence-corrected chi connectivity index (χ1v) is 9.13. The maximum Gasteiger partial charge on any atom is 0.243 e. The summed E-state index contributed by atoms with van der Waals surface area (Å²) in [4.78, 5) is 24.0. The first-order valence-electron chi connectivity index (χ1n) is 9.13. The first kappa shape index (κ1) is 19.2. The average Bonchev–Trinajstić information content (AvgIpc) is 3.10. The van der Waals surface area contributed by atoms with Crippen molar-refractivity contribution >= 4 is 11.8 Å². The Labute approximate surface area is 150 Å². The van der Waals surface area contributed by atoms with Crippen molar-refractivity contribution in [2.75, 3.05) is 0 Å². The molecule has 1 aliphatic rings. The van der Waals surface area contributed by atoms with E-state index in [4.69, 9.17) is 5.73 Å². The summed E-state index contributed by atoms with van der Waals surface area (Å²) in [5, 5.41) is 5.93. The summed E-state index contributed by atoms with van der Waals surface area (Å²) in [6.45, 7) is 1.65. The monoisotopic (exact) mass is 343 g/mol. The van der Waals surface area contributed by atoms with Gasteiger partial charge in [0.2, 0.25) is 11.8 Å². The highest BCUT2D eigenvalue weighted by molar-refractivity contribution is 5.88. The molecule has 5 nitrogen and oxygen atoms in total. The van der Waals surface area contributed by atoms with Crippen molar-refractivity contribution < 1.29 is 9.59 Å². The third-order valence-electron chi connectivity index (χ3n) is 4.51. The van der Waals surface area contributed by atoms with Crippen LogP contribution in [-0.4, -0.2) is 29.9 Å². The molecule has 2 rings (SSSR count). The second-order valence-corrected chi connectivity index (χ2v) is 6.78. The molecule has 25 heavy (non-hydrogen) atoms. The smallest absolute Gasteiger partial charge is 0.243 e. The number of nitrogens with two attached hydrogens (primary N) is 1. The van der Waals surface area contributed by atoms with Crippen molar-refractivity contribution in [2.24, 2.45) is 5.73 Å². The number of amides is 2. The summed E-state index contributed by atoms with van der Waals surface area (Å²) >= 11 is 0. The van der Waals surface area contributed by atoms with Gasteiger partial charge in [-0.05, 0) is 38.2 Å². The van der Waals surface area contributed by atoms with Crippen LogP contribution in [0.25, 0.3) is 0 Å². The van der Waals surface area contributed by atoms with Crippen LogP contribution in [0.1, 0.15) is 44.6 Å². The lowest BCUT2D eigenvalue weighted by atomic mass is 10.0. The van der Waals surface area contributed by atoms with Crippen LogP contribution in [0.2, 0.25) is 0 Å². The minimum atomic E-state index is -0.569. The van der Waals surface area contributed by atoms with Gasteiger partial charge in [0.15, 0.2) is 0 Å². The minimum Gasteiger partial charge on any atom is -0.350 e. The molecule has 0 saturated heterocycles. The summed E-state index contributed by atoms with van der Waals surface area (Å²) in [6.07, 6.45) is 9.31. The van der Waals surface area contributed by atoms with E-state index < -0.39 is 6.04 Å². The van der Waals surface area contributed by atoms with Crippen molar-refractivity contribution in [3.63, 3.8) is 0 Å². The highest BCUT2D eigenvalue weighted by atomic mass is 16.2. The number of hydrogen-bond donors (Lipinski definition) is 3. The van der Waals surface area contributed by atoms with Gasteiger partial charge in [0, 0.05) is 18.2 Å². The molecule has 1 aromatic rings. The highest BCUT2D eigenvalue weighted by Gasteiger charge is 2.17. The third-order valence-corrected chi connectivity index (χ3v) is 4.51. The molecule has 0 bridgehead atoms. The Bertz CT molecular complexity index is 578.